The van der Waals surface area contributed by atoms with E-state index in [1.807, 2.05) is 31.2 Å². The van der Waals surface area contributed by atoms with E-state index in [1.165, 1.54) is 23.8 Å². The van der Waals surface area contributed by atoms with E-state index in [4.69, 9.17) is 5.11 Å². The van der Waals surface area contributed by atoms with Crippen LogP contribution in [0.1, 0.15) is 16.7 Å². The highest BCUT2D eigenvalue weighted by Gasteiger charge is 2.04. The van der Waals surface area contributed by atoms with Crippen LogP contribution >= 0.6 is 11.8 Å². The molecule has 0 fully saturated rings. The van der Waals surface area contributed by atoms with Gasteiger partial charge in [0.1, 0.15) is 5.82 Å². The SMILES string of the molecule is Cc1ccc(SCc2ccc(F)cc2C=CC(=O)O)cc1. The van der Waals surface area contributed by atoms with Crippen molar-refractivity contribution in [3.63, 3.8) is 0 Å². The van der Waals surface area contributed by atoms with Gasteiger partial charge >= 0.3 is 5.97 Å². The Morgan fingerprint density at radius 2 is 1.95 bits per heavy atom. The third-order valence-corrected chi connectivity index (χ3v) is 3.99. The molecule has 0 aromatic heterocycles. The molecule has 0 saturated heterocycles. The Kier molecular flexibility index (Phi) is 5.17. The van der Waals surface area contributed by atoms with Crippen LogP contribution in [0.3, 0.4) is 0 Å². The van der Waals surface area contributed by atoms with Gasteiger partial charge in [-0.1, -0.05) is 23.8 Å². The van der Waals surface area contributed by atoms with Crippen LogP contribution in [-0.4, -0.2) is 11.1 Å². The van der Waals surface area contributed by atoms with Crippen molar-refractivity contribution in [2.24, 2.45) is 0 Å². The zero-order valence-electron chi connectivity index (χ0n) is 11.5. The average molecular weight is 302 g/mol. The lowest BCUT2D eigenvalue weighted by atomic mass is 10.1. The first-order chi connectivity index (χ1) is 10.0. The molecular weight excluding hydrogens is 287 g/mol. The second-order valence-corrected chi connectivity index (χ2v) is 5.67. The number of hydrogen-bond donors (Lipinski definition) is 1. The van der Waals surface area contributed by atoms with Crippen molar-refractivity contribution >= 4 is 23.8 Å². The highest BCUT2D eigenvalue weighted by atomic mass is 32.2. The molecule has 108 valence electrons. The Morgan fingerprint density at radius 3 is 2.62 bits per heavy atom. The van der Waals surface area contributed by atoms with Gasteiger partial charge in [-0.15, -0.1) is 11.8 Å². The fraction of sp³-hybridized carbons (Fsp3) is 0.118. The first kappa shape index (κ1) is 15.3. The van der Waals surface area contributed by atoms with E-state index in [9.17, 15) is 9.18 Å². The van der Waals surface area contributed by atoms with Gasteiger partial charge in [-0.2, -0.15) is 0 Å². The van der Waals surface area contributed by atoms with E-state index < -0.39 is 5.97 Å². The maximum atomic E-state index is 13.3. The summed E-state index contributed by atoms with van der Waals surface area (Å²) in [6.07, 6.45) is 2.45. The molecular formula is C17H15FO2S. The molecule has 2 aromatic carbocycles. The number of carboxylic acid groups (broad SMARTS) is 1. The lowest BCUT2D eigenvalue weighted by molar-refractivity contribution is -0.131. The minimum absolute atomic E-state index is 0.371. The van der Waals surface area contributed by atoms with Gasteiger partial charge in [0.2, 0.25) is 0 Å². The standard InChI is InChI=1S/C17H15FO2S/c1-12-2-7-16(8-3-12)21-11-14-4-6-15(18)10-13(14)5-9-17(19)20/h2-10H,11H2,1H3,(H,19,20). The van der Waals surface area contributed by atoms with Gasteiger partial charge in [-0.05, 0) is 48.4 Å². The second-order valence-electron chi connectivity index (χ2n) is 4.62. The number of aryl methyl sites for hydroxylation is 1. The summed E-state index contributed by atoms with van der Waals surface area (Å²) in [5.41, 5.74) is 2.70. The normalized spacial score (nSPS) is 11.0. The summed E-state index contributed by atoms with van der Waals surface area (Å²) in [4.78, 5) is 11.7. The molecule has 2 nitrogen and oxygen atoms in total. The lowest BCUT2D eigenvalue weighted by Gasteiger charge is -2.07. The smallest absolute Gasteiger partial charge is 0.328 e. The van der Waals surface area contributed by atoms with Crippen LogP contribution in [0.5, 0.6) is 0 Å². The molecule has 0 aliphatic rings. The van der Waals surface area contributed by atoms with Crippen LogP contribution < -0.4 is 0 Å². The summed E-state index contributed by atoms with van der Waals surface area (Å²) in [5, 5.41) is 8.68. The Hall–Kier alpha value is -2.07. The number of rotatable bonds is 5. The summed E-state index contributed by atoms with van der Waals surface area (Å²) < 4.78 is 13.3. The quantitative estimate of drug-likeness (QED) is 0.651. The monoisotopic (exact) mass is 302 g/mol. The molecule has 0 saturated carbocycles. The third-order valence-electron chi connectivity index (χ3n) is 2.93. The predicted octanol–water partition coefficient (Wildman–Crippen LogP) is 4.52. The molecule has 0 unspecified atom stereocenters. The van der Waals surface area contributed by atoms with Gasteiger partial charge in [-0.3, -0.25) is 0 Å². The summed E-state index contributed by atoms with van der Waals surface area (Å²) in [6.45, 7) is 2.03. The van der Waals surface area contributed by atoms with E-state index in [0.29, 0.717) is 11.3 Å². The molecule has 0 spiro atoms. The lowest BCUT2D eigenvalue weighted by Crippen LogP contribution is -1.91. The number of carbonyl (C=O) groups is 1. The maximum Gasteiger partial charge on any atom is 0.328 e. The van der Waals surface area contributed by atoms with Gasteiger partial charge in [-0.25, -0.2) is 9.18 Å². The third kappa shape index (κ3) is 4.76. The molecule has 0 heterocycles. The molecule has 4 heteroatoms. The summed E-state index contributed by atoms with van der Waals surface area (Å²) in [5.74, 6) is -0.761. The van der Waals surface area contributed by atoms with E-state index in [-0.39, 0.29) is 5.82 Å². The van der Waals surface area contributed by atoms with Crippen molar-refractivity contribution in [2.45, 2.75) is 17.6 Å². The molecule has 21 heavy (non-hydrogen) atoms. The summed E-state index contributed by atoms with van der Waals surface area (Å²) in [7, 11) is 0. The van der Waals surface area contributed by atoms with Crippen LogP contribution in [0.2, 0.25) is 0 Å². The topological polar surface area (TPSA) is 37.3 Å². The van der Waals surface area contributed by atoms with Crippen molar-refractivity contribution in [1.82, 2.24) is 0 Å². The van der Waals surface area contributed by atoms with Gasteiger partial charge < -0.3 is 5.11 Å². The molecule has 2 aromatic rings. The maximum absolute atomic E-state index is 13.3. The Bertz CT molecular complexity index is 663. The average Bonchev–Trinajstić information content (AvgIpc) is 2.45. The zero-order valence-corrected chi connectivity index (χ0v) is 12.4. The first-order valence-corrected chi connectivity index (χ1v) is 7.42. The van der Waals surface area contributed by atoms with Gasteiger partial charge in [0.15, 0.2) is 0 Å². The fourth-order valence-corrected chi connectivity index (χ4v) is 2.72. The molecule has 0 atom stereocenters. The van der Waals surface area contributed by atoms with Crippen molar-refractivity contribution in [3.05, 3.63) is 71.0 Å². The predicted molar refractivity (Wildman–Crippen MR) is 83.8 cm³/mol. The first-order valence-electron chi connectivity index (χ1n) is 6.43. The number of halogens is 1. The van der Waals surface area contributed by atoms with Crippen molar-refractivity contribution in [2.75, 3.05) is 0 Å². The zero-order chi connectivity index (χ0) is 15.2. The number of hydrogen-bond acceptors (Lipinski definition) is 2. The molecule has 0 aliphatic carbocycles. The van der Waals surface area contributed by atoms with Gasteiger partial charge in [0, 0.05) is 16.7 Å². The minimum atomic E-state index is -1.05. The molecule has 0 amide bonds. The van der Waals surface area contributed by atoms with Crippen molar-refractivity contribution in [1.29, 1.82) is 0 Å². The number of benzene rings is 2. The number of carboxylic acids is 1. The Balaban J connectivity index is 2.15. The second kappa shape index (κ2) is 7.09. The van der Waals surface area contributed by atoms with E-state index in [0.717, 1.165) is 16.5 Å². The van der Waals surface area contributed by atoms with Crippen LogP contribution in [0.15, 0.2) is 53.4 Å². The summed E-state index contributed by atoms with van der Waals surface area (Å²) >= 11 is 1.63. The largest absolute Gasteiger partial charge is 0.478 e. The number of thioether (sulfide) groups is 1. The van der Waals surface area contributed by atoms with E-state index >= 15 is 0 Å². The van der Waals surface area contributed by atoms with Crippen LogP contribution in [0.25, 0.3) is 6.08 Å². The van der Waals surface area contributed by atoms with Crippen molar-refractivity contribution in [3.8, 4) is 0 Å². The molecule has 2 rings (SSSR count). The Labute approximate surface area is 127 Å². The molecule has 1 N–H and O–H groups in total. The number of aliphatic carboxylic acids is 1. The van der Waals surface area contributed by atoms with Gasteiger partial charge in [0.25, 0.3) is 0 Å². The van der Waals surface area contributed by atoms with Gasteiger partial charge in [0.05, 0.1) is 0 Å². The van der Waals surface area contributed by atoms with Crippen molar-refractivity contribution < 1.29 is 14.3 Å². The molecule has 0 bridgehead atoms. The highest BCUT2D eigenvalue weighted by Crippen LogP contribution is 2.25. The Morgan fingerprint density at radius 1 is 1.24 bits per heavy atom. The highest BCUT2D eigenvalue weighted by molar-refractivity contribution is 7.98. The summed E-state index contributed by atoms with van der Waals surface area (Å²) in [6, 6.07) is 12.6. The van der Waals surface area contributed by atoms with E-state index in [1.54, 1.807) is 17.8 Å². The van der Waals surface area contributed by atoms with E-state index in [2.05, 4.69) is 0 Å². The molecule has 0 radical (unpaired) electrons. The van der Waals surface area contributed by atoms with Crippen LogP contribution in [0, 0.1) is 12.7 Å². The molecule has 0 aliphatic heterocycles. The van der Waals surface area contributed by atoms with Crippen LogP contribution in [0.4, 0.5) is 4.39 Å². The minimum Gasteiger partial charge on any atom is -0.478 e. The fourth-order valence-electron chi connectivity index (χ4n) is 1.81. The van der Waals surface area contributed by atoms with Crippen LogP contribution in [-0.2, 0) is 10.5 Å².